The van der Waals surface area contributed by atoms with Crippen molar-refractivity contribution in [3.63, 3.8) is 0 Å². The van der Waals surface area contributed by atoms with E-state index in [9.17, 15) is 5.11 Å². The van der Waals surface area contributed by atoms with Gasteiger partial charge in [0.25, 0.3) is 0 Å². The second-order valence-electron chi connectivity index (χ2n) is 10.9. The van der Waals surface area contributed by atoms with Crippen molar-refractivity contribution in [1.29, 1.82) is 0 Å². The van der Waals surface area contributed by atoms with Gasteiger partial charge in [-0.3, -0.25) is 14.9 Å². The van der Waals surface area contributed by atoms with Crippen LogP contribution in [0.3, 0.4) is 0 Å². The molecule has 0 bridgehead atoms. The highest BCUT2D eigenvalue weighted by molar-refractivity contribution is 5.83. The summed E-state index contributed by atoms with van der Waals surface area (Å²) >= 11 is 0. The minimum atomic E-state index is -0.00783. The van der Waals surface area contributed by atoms with Crippen LogP contribution >= 0.6 is 0 Å². The molecule has 0 unspecified atom stereocenters. The predicted octanol–water partition coefficient (Wildman–Crippen LogP) is 4.03. The average Bonchev–Trinajstić information content (AvgIpc) is 3.47. The fourth-order valence-corrected chi connectivity index (χ4v) is 5.23. The Labute approximate surface area is 254 Å². The van der Waals surface area contributed by atoms with Gasteiger partial charge in [0.2, 0.25) is 0 Å². The quantitative estimate of drug-likeness (QED) is 0.100. The molecule has 0 aliphatic carbocycles. The molecule has 5 rings (SSSR count). The Morgan fingerprint density at radius 1 is 0.721 bits per heavy atom. The van der Waals surface area contributed by atoms with E-state index >= 15 is 0 Å². The Morgan fingerprint density at radius 3 is 1.98 bits per heavy atom. The van der Waals surface area contributed by atoms with Crippen LogP contribution in [0.2, 0.25) is 0 Å². The Hall–Kier alpha value is -3.92. The third kappa shape index (κ3) is 9.81. The van der Waals surface area contributed by atoms with Gasteiger partial charge in [0.1, 0.15) is 0 Å². The lowest BCUT2D eigenvalue weighted by Crippen LogP contribution is -2.36. The second kappa shape index (κ2) is 16.6. The molecule has 43 heavy (non-hydrogen) atoms. The number of aromatic amines is 1. The first-order chi connectivity index (χ1) is 21.3. The van der Waals surface area contributed by atoms with Crippen molar-refractivity contribution in [2.24, 2.45) is 0 Å². The van der Waals surface area contributed by atoms with Crippen molar-refractivity contribution in [2.75, 3.05) is 32.8 Å². The first kappa shape index (κ1) is 30.5. The van der Waals surface area contributed by atoms with Crippen LogP contribution in [0.1, 0.15) is 28.1 Å². The van der Waals surface area contributed by atoms with E-state index in [1.54, 1.807) is 0 Å². The summed E-state index contributed by atoms with van der Waals surface area (Å²) in [6, 6.07) is 29.2. The number of pyridine rings is 2. The number of aliphatic hydroxyl groups excluding tert-OH is 1. The van der Waals surface area contributed by atoms with Crippen molar-refractivity contribution in [3.8, 4) is 0 Å². The van der Waals surface area contributed by atoms with Crippen molar-refractivity contribution >= 4 is 10.9 Å². The van der Waals surface area contributed by atoms with Crippen LogP contribution in [0.25, 0.3) is 10.9 Å². The summed E-state index contributed by atoms with van der Waals surface area (Å²) in [5.74, 6) is 0. The van der Waals surface area contributed by atoms with Crippen molar-refractivity contribution in [1.82, 2.24) is 35.8 Å². The molecule has 5 aromatic rings. The van der Waals surface area contributed by atoms with E-state index in [-0.39, 0.29) is 12.6 Å². The molecule has 0 fully saturated rings. The van der Waals surface area contributed by atoms with Gasteiger partial charge in [-0.1, -0.05) is 54.6 Å². The summed E-state index contributed by atoms with van der Waals surface area (Å²) in [5.41, 5.74) is 6.96. The Balaban J connectivity index is 1.10. The van der Waals surface area contributed by atoms with Gasteiger partial charge < -0.3 is 26.0 Å². The molecule has 0 saturated heterocycles. The van der Waals surface area contributed by atoms with Crippen LogP contribution < -0.4 is 16.0 Å². The zero-order valence-corrected chi connectivity index (χ0v) is 24.8. The van der Waals surface area contributed by atoms with Crippen LogP contribution in [0.5, 0.6) is 0 Å². The average molecular weight is 578 g/mol. The van der Waals surface area contributed by atoms with Crippen LogP contribution in [0.4, 0.5) is 0 Å². The molecule has 3 aromatic heterocycles. The Morgan fingerprint density at radius 2 is 1.35 bits per heavy atom. The summed E-state index contributed by atoms with van der Waals surface area (Å²) in [4.78, 5) is 14.6. The Kier molecular flexibility index (Phi) is 11.8. The monoisotopic (exact) mass is 577 g/mol. The SMILES string of the molecule is OC[C@@H](Cc1c[nH]c2ccccc12)NCc1ccc(CN(CCNCc2ccccn2)CCNCc2ccccn2)cc1. The summed E-state index contributed by atoms with van der Waals surface area (Å²) in [6.07, 6.45) is 6.50. The number of nitrogens with zero attached hydrogens (tertiary/aromatic N) is 3. The van der Waals surface area contributed by atoms with Crippen LogP contribution in [-0.2, 0) is 32.6 Å². The van der Waals surface area contributed by atoms with Crippen molar-refractivity contribution in [3.05, 3.63) is 132 Å². The van der Waals surface area contributed by atoms with Crippen molar-refractivity contribution in [2.45, 2.75) is 38.6 Å². The molecule has 0 aliphatic heterocycles. The zero-order chi connectivity index (χ0) is 29.5. The highest BCUT2D eigenvalue weighted by atomic mass is 16.3. The summed E-state index contributed by atoms with van der Waals surface area (Å²) in [6.45, 7) is 6.87. The van der Waals surface area contributed by atoms with Crippen molar-refractivity contribution < 1.29 is 5.11 Å². The first-order valence-corrected chi connectivity index (χ1v) is 15.2. The fraction of sp³-hybridized carbons (Fsp3) is 0.314. The number of hydrogen-bond donors (Lipinski definition) is 5. The zero-order valence-electron chi connectivity index (χ0n) is 24.8. The fourth-order valence-electron chi connectivity index (χ4n) is 5.23. The van der Waals surface area contributed by atoms with Gasteiger partial charge in [-0.15, -0.1) is 0 Å². The number of H-pyrrole nitrogens is 1. The maximum Gasteiger partial charge on any atom is 0.0588 e. The number of hydrogen-bond acceptors (Lipinski definition) is 7. The number of fused-ring (bicyclic) bond motifs is 1. The van der Waals surface area contributed by atoms with E-state index in [1.165, 1.54) is 22.1 Å². The smallest absolute Gasteiger partial charge is 0.0588 e. The minimum absolute atomic E-state index is 0.00783. The lowest BCUT2D eigenvalue weighted by Gasteiger charge is -2.23. The molecule has 0 amide bonds. The molecule has 1 atom stereocenters. The first-order valence-electron chi connectivity index (χ1n) is 15.2. The third-order valence-electron chi connectivity index (χ3n) is 7.66. The molecule has 0 spiro atoms. The standard InChI is InChI=1S/C35H43N7O/c43-27-33(21-30-23-41-35-10-2-1-9-34(30)35)40-22-28-11-13-29(14-12-28)26-42(19-17-36-24-31-7-3-5-15-38-31)20-18-37-25-32-8-4-6-16-39-32/h1-16,23,33,36-37,40-41,43H,17-22,24-27H2/t33-/m1/s1. The van der Waals surface area contributed by atoms with Gasteiger partial charge in [0, 0.05) is 87.9 Å². The van der Waals surface area contributed by atoms with Crippen LogP contribution in [0.15, 0.2) is 104 Å². The van der Waals surface area contributed by atoms with Gasteiger partial charge in [-0.05, 0) is 53.4 Å². The molecule has 5 N–H and O–H groups in total. The van der Waals surface area contributed by atoms with E-state index in [1.807, 2.05) is 54.9 Å². The van der Waals surface area contributed by atoms with E-state index in [0.29, 0.717) is 6.54 Å². The number of benzene rings is 2. The molecular weight excluding hydrogens is 534 g/mol. The minimum Gasteiger partial charge on any atom is -0.395 e. The number of aromatic nitrogens is 3. The van der Waals surface area contributed by atoms with Crippen LogP contribution in [-0.4, -0.2) is 63.8 Å². The van der Waals surface area contributed by atoms with E-state index < -0.39 is 0 Å². The van der Waals surface area contributed by atoms with Gasteiger partial charge in [0.05, 0.1) is 18.0 Å². The third-order valence-corrected chi connectivity index (χ3v) is 7.66. The van der Waals surface area contributed by atoms with Gasteiger partial charge in [-0.2, -0.15) is 0 Å². The second-order valence-corrected chi connectivity index (χ2v) is 10.9. The number of nitrogens with one attached hydrogen (secondary N) is 4. The molecule has 0 radical (unpaired) electrons. The van der Waals surface area contributed by atoms with Gasteiger partial charge in [-0.25, -0.2) is 0 Å². The molecule has 3 heterocycles. The number of aliphatic hydroxyl groups is 1. The molecule has 0 saturated carbocycles. The molecule has 2 aromatic carbocycles. The molecular formula is C35H43N7O. The maximum absolute atomic E-state index is 10.0. The highest BCUT2D eigenvalue weighted by Crippen LogP contribution is 2.19. The largest absolute Gasteiger partial charge is 0.395 e. The maximum atomic E-state index is 10.0. The summed E-state index contributed by atoms with van der Waals surface area (Å²) < 4.78 is 0. The van der Waals surface area contributed by atoms with Crippen LogP contribution in [0, 0.1) is 0 Å². The van der Waals surface area contributed by atoms with Gasteiger partial charge >= 0.3 is 0 Å². The Bertz CT molecular complexity index is 1430. The normalized spacial score (nSPS) is 12.2. The topological polar surface area (TPSA) is 101 Å². The van der Waals surface area contributed by atoms with E-state index in [2.05, 4.69) is 84.5 Å². The predicted molar refractivity (Wildman–Crippen MR) is 173 cm³/mol. The highest BCUT2D eigenvalue weighted by Gasteiger charge is 2.12. The lowest BCUT2D eigenvalue weighted by atomic mass is 10.0. The molecule has 8 heteroatoms. The molecule has 8 nitrogen and oxygen atoms in total. The van der Waals surface area contributed by atoms with E-state index in [0.717, 1.165) is 69.1 Å². The summed E-state index contributed by atoms with van der Waals surface area (Å²) in [5, 5.41) is 21.9. The van der Waals surface area contributed by atoms with Gasteiger partial charge in [0.15, 0.2) is 0 Å². The lowest BCUT2D eigenvalue weighted by molar-refractivity contribution is 0.241. The number of rotatable bonds is 18. The molecule has 0 aliphatic rings. The summed E-state index contributed by atoms with van der Waals surface area (Å²) in [7, 11) is 0. The van der Waals surface area contributed by atoms with E-state index in [4.69, 9.17) is 0 Å². The molecule has 224 valence electrons. The number of para-hydroxylation sites is 1.